The summed E-state index contributed by atoms with van der Waals surface area (Å²) in [6, 6.07) is 8.66. The van der Waals surface area contributed by atoms with E-state index in [1.54, 1.807) is 38.5 Å². The van der Waals surface area contributed by atoms with Gasteiger partial charge in [0, 0.05) is 0 Å². The molecule has 0 aromatic heterocycles. The lowest BCUT2D eigenvalue weighted by molar-refractivity contribution is 0.218. The minimum atomic E-state index is -0.820. The Morgan fingerprint density at radius 1 is 0.952 bits per heavy atom. The summed E-state index contributed by atoms with van der Waals surface area (Å²) >= 11 is 11.9. The van der Waals surface area contributed by atoms with Crippen LogP contribution >= 0.6 is 23.2 Å². The van der Waals surface area contributed by atoms with E-state index in [1.807, 2.05) is 13.0 Å². The maximum atomic E-state index is 10.6. The molecule has 0 spiro atoms. The van der Waals surface area contributed by atoms with Crippen molar-refractivity contribution in [2.24, 2.45) is 0 Å². The quantitative estimate of drug-likeness (QED) is 0.904. The van der Waals surface area contributed by atoms with Crippen LogP contribution in [0.4, 0.5) is 0 Å². The van der Waals surface area contributed by atoms with Gasteiger partial charge in [0.05, 0.1) is 24.3 Å². The van der Waals surface area contributed by atoms with Crippen molar-refractivity contribution < 1.29 is 14.6 Å². The second-order valence-electron chi connectivity index (χ2n) is 4.64. The van der Waals surface area contributed by atoms with Crippen molar-refractivity contribution in [3.05, 3.63) is 57.1 Å². The highest BCUT2D eigenvalue weighted by atomic mass is 35.5. The first-order valence-corrected chi connectivity index (χ1v) is 7.09. The van der Waals surface area contributed by atoms with Gasteiger partial charge in [0.1, 0.15) is 6.10 Å². The second-order valence-corrected chi connectivity index (χ2v) is 5.45. The van der Waals surface area contributed by atoms with E-state index in [1.165, 1.54) is 0 Å². The van der Waals surface area contributed by atoms with E-state index < -0.39 is 6.10 Å². The van der Waals surface area contributed by atoms with E-state index >= 15 is 0 Å². The number of hydrogen-bond acceptors (Lipinski definition) is 3. The number of aliphatic hydroxyl groups is 1. The first kappa shape index (κ1) is 16.0. The zero-order chi connectivity index (χ0) is 15.6. The third kappa shape index (κ3) is 3.26. The van der Waals surface area contributed by atoms with Gasteiger partial charge in [-0.2, -0.15) is 0 Å². The number of halogens is 2. The zero-order valence-corrected chi connectivity index (χ0v) is 13.5. The molecule has 0 aliphatic carbocycles. The van der Waals surface area contributed by atoms with E-state index in [0.717, 1.165) is 11.1 Å². The van der Waals surface area contributed by atoms with E-state index in [4.69, 9.17) is 32.7 Å². The normalized spacial score (nSPS) is 12.1. The third-order valence-electron chi connectivity index (χ3n) is 3.33. The number of aryl methyl sites for hydroxylation is 1. The minimum absolute atomic E-state index is 0.409. The SMILES string of the molecule is COc1cc(C)c(C(O)c2ccc(Cl)c(Cl)c2)cc1OC. The summed E-state index contributed by atoms with van der Waals surface area (Å²) in [6.45, 7) is 1.90. The van der Waals surface area contributed by atoms with E-state index in [-0.39, 0.29) is 0 Å². The third-order valence-corrected chi connectivity index (χ3v) is 4.07. The Hall–Kier alpha value is -1.42. The number of benzene rings is 2. The molecule has 5 heteroatoms. The topological polar surface area (TPSA) is 38.7 Å². The van der Waals surface area contributed by atoms with Gasteiger partial charge >= 0.3 is 0 Å². The van der Waals surface area contributed by atoms with Crippen LogP contribution in [0.25, 0.3) is 0 Å². The predicted octanol–water partition coefficient (Wildman–Crippen LogP) is 4.40. The lowest BCUT2D eigenvalue weighted by Crippen LogP contribution is -2.04. The van der Waals surface area contributed by atoms with Gasteiger partial charge in [0.25, 0.3) is 0 Å². The largest absolute Gasteiger partial charge is 0.493 e. The Morgan fingerprint density at radius 2 is 1.57 bits per heavy atom. The van der Waals surface area contributed by atoms with Gasteiger partial charge in [-0.15, -0.1) is 0 Å². The molecule has 0 saturated heterocycles. The Balaban J connectivity index is 2.47. The van der Waals surface area contributed by atoms with Gasteiger partial charge in [-0.25, -0.2) is 0 Å². The molecule has 2 aromatic carbocycles. The van der Waals surface area contributed by atoms with Crippen LogP contribution in [-0.2, 0) is 0 Å². The summed E-state index contributed by atoms with van der Waals surface area (Å²) in [7, 11) is 3.13. The molecule has 0 saturated carbocycles. The minimum Gasteiger partial charge on any atom is -0.493 e. The first-order valence-electron chi connectivity index (χ1n) is 6.33. The summed E-state index contributed by atoms with van der Waals surface area (Å²) in [5.41, 5.74) is 2.29. The molecular formula is C16H16Cl2O3. The van der Waals surface area contributed by atoms with Crippen LogP contribution in [0.1, 0.15) is 22.8 Å². The Bertz CT molecular complexity index is 656. The Morgan fingerprint density at radius 3 is 2.14 bits per heavy atom. The number of aliphatic hydroxyl groups excluding tert-OH is 1. The van der Waals surface area contributed by atoms with Crippen molar-refractivity contribution in [3.8, 4) is 11.5 Å². The molecular weight excluding hydrogens is 311 g/mol. The van der Waals surface area contributed by atoms with Crippen molar-refractivity contribution in [2.45, 2.75) is 13.0 Å². The molecule has 21 heavy (non-hydrogen) atoms. The maximum Gasteiger partial charge on any atom is 0.161 e. The van der Waals surface area contributed by atoms with Crippen molar-refractivity contribution in [1.82, 2.24) is 0 Å². The highest BCUT2D eigenvalue weighted by Crippen LogP contribution is 2.36. The van der Waals surface area contributed by atoms with Gasteiger partial charge in [0.15, 0.2) is 11.5 Å². The second kappa shape index (κ2) is 6.56. The molecule has 112 valence electrons. The summed E-state index contributed by atoms with van der Waals surface area (Å²) in [6.07, 6.45) is -0.820. The maximum absolute atomic E-state index is 10.6. The van der Waals surface area contributed by atoms with Gasteiger partial charge in [0.2, 0.25) is 0 Å². The first-order chi connectivity index (χ1) is 9.97. The van der Waals surface area contributed by atoms with Crippen molar-refractivity contribution in [3.63, 3.8) is 0 Å². The number of ether oxygens (including phenoxy) is 2. The molecule has 0 heterocycles. The van der Waals surface area contributed by atoms with Crippen LogP contribution in [0.15, 0.2) is 30.3 Å². The fraction of sp³-hybridized carbons (Fsp3) is 0.250. The van der Waals surface area contributed by atoms with Crippen molar-refractivity contribution >= 4 is 23.2 Å². The van der Waals surface area contributed by atoms with Crippen LogP contribution in [0.3, 0.4) is 0 Å². The molecule has 0 radical (unpaired) electrons. The summed E-state index contributed by atoms with van der Waals surface area (Å²) in [5.74, 6) is 1.19. The Kier molecular flexibility index (Phi) is 4.99. The molecule has 0 aliphatic rings. The Labute approximate surface area is 134 Å². The molecule has 3 nitrogen and oxygen atoms in total. The fourth-order valence-electron chi connectivity index (χ4n) is 2.15. The molecule has 2 aromatic rings. The standard InChI is InChI=1S/C16H16Cl2O3/c1-9-6-14(20-2)15(21-3)8-11(9)16(19)10-4-5-12(17)13(18)7-10/h4-8,16,19H,1-3H3. The van der Waals surface area contributed by atoms with Gasteiger partial charge < -0.3 is 14.6 Å². The highest BCUT2D eigenvalue weighted by Gasteiger charge is 2.17. The summed E-state index contributed by atoms with van der Waals surface area (Å²) < 4.78 is 10.5. The average molecular weight is 327 g/mol. The van der Waals surface area contributed by atoms with Gasteiger partial charge in [-0.1, -0.05) is 29.3 Å². The van der Waals surface area contributed by atoms with E-state index in [2.05, 4.69) is 0 Å². The van der Waals surface area contributed by atoms with Crippen LogP contribution in [0, 0.1) is 6.92 Å². The highest BCUT2D eigenvalue weighted by molar-refractivity contribution is 6.42. The van der Waals surface area contributed by atoms with Crippen LogP contribution < -0.4 is 9.47 Å². The molecule has 0 bridgehead atoms. The molecule has 0 aliphatic heterocycles. The fourth-order valence-corrected chi connectivity index (χ4v) is 2.46. The van der Waals surface area contributed by atoms with Crippen LogP contribution in [0.2, 0.25) is 10.0 Å². The van der Waals surface area contributed by atoms with Crippen molar-refractivity contribution in [2.75, 3.05) is 14.2 Å². The zero-order valence-electron chi connectivity index (χ0n) is 12.0. The monoisotopic (exact) mass is 326 g/mol. The summed E-state index contributed by atoms with van der Waals surface area (Å²) in [5, 5.41) is 11.4. The molecule has 0 amide bonds. The molecule has 2 rings (SSSR count). The average Bonchev–Trinajstić information content (AvgIpc) is 2.49. The van der Waals surface area contributed by atoms with E-state index in [9.17, 15) is 5.11 Å². The summed E-state index contributed by atoms with van der Waals surface area (Å²) in [4.78, 5) is 0. The van der Waals surface area contributed by atoms with Gasteiger partial charge in [-0.3, -0.25) is 0 Å². The van der Waals surface area contributed by atoms with Gasteiger partial charge in [-0.05, 0) is 47.9 Å². The van der Waals surface area contributed by atoms with Crippen LogP contribution in [0.5, 0.6) is 11.5 Å². The lowest BCUT2D eigenvalue weighted by Gasteiger charge is -2.18. The van der Waals surface area contributed by atoms with Crippen molar-refractivity contribution in [1.29, 1.82) is 0 Å². The van der Waals surface area contributed by atoms with Crippen LogP contribution in [-0.4, -0.2) is 19.3 Å². The number of rotatable bonds is 4. The molecule has 1 unspecified atom stereocenters. The smallest absolute Gasteiger partial charge is 0.161 e. The number of methoxy groups -OCH3 is 2. The molecule has 0 fully saturated rings. The van der Waals surface area contributed by atoms with E-state index in [0.29, 0.717) is 27.1 Å². The number of hydrogen-bond donors (Lipinski definition) is 1. The molecule has 1 atom stereocenters. The lowest BCUT2D eigenvalue weighted by atomic mass is 9.97. The predicted molar refractivity (Wildman–Crippen MR) is 84.8 cm³/mol. The molecule has 1 N–H and O–H groups in total.